The summed E-state index contributed by atoms with van der Waals surface area (Å²) in [6.45, 7) is 11.9. The van der Waals surface area contributed by atoms with Gasteiger partial charge in [0.15, 0.2) is 0 Å². The van der Waals surface area contributed by atoms with Gasteiger partial charge in [0.2, 0.25) is 0 Å². The zero-order valence-corrected chi connectivity index (χ0v) is 24.3. The summed E-state index contributed by atoms with van der Waals surface area (Å²) in [6, 6.07) is 26.1. The Balaban J connectivity index is 1.27. The topological polar surface area (TPSA) is 68.3 Å². The minimum absolute atomic E-state index is 0.782. The summed E-state index contributed by atoms with van der Waals surface area (Å²) in [6.07, 6.45) is 6.09. The lowest BCUT2D eigenvalue weighted by molar-refractivity contribution is 0.242. The molecule has 0 saturated carbocycles. The first-order chi connectivity index (χ1) is 20.3. The molecule has 2 aromatic carbocycles. The van der Waals surface area contributed by atoms with Gasteiger partial charge in [-0.25, -0.2) is 0 Å². The van der Waals surface area contributed by atoms with Crippen molar-refractivity contribution in [1.82, 2.24) is 35.7 Å². The highest BCUT2D eigenvalue weighted by atomic mass is 15.1. The highest BCUT2D eigenvalue weighted by Gasteiger charge is 2.12. The van der Waals surface area contributed by atoms with Crippen molar-refractivity contribution in [3.63, 3.8) is 0 Å². The maximum atomic E-state index is 4.58. The summed E-state index contributed by atoms with van der Waals surface area (Å²) in [7, 11) is 0. The number of nitrogens with one attached hydrogen (secondary N) is 3. The smallest absolute Gasteiger partial charge is 0.0544 e. The summed E-state index contributed by atoms with van der Waals surface area (Å²) in [4.78, 5) is 14.2. The van der Waals surface area contributed by atoms with Gasteiger partial charge in [-0.15, -0.1) is 0 Å². The molecule has 3 heterocycles. The minimum Gasteiger partial charge on any atom is -0.315 e. The molecule has 1 fully saturated rings. The second-order valence-electron chi connectivity index (χ2n) is 11.0. The van der Waals surface area contributed by atoms with Gasteiger partial charge in [0.1, 0.15) is 0 Å². The van der Waals surface area contributed by atoms with Crippen LogP contribution in [0.3, 0.4) is 0 Å². The van der Waals surface area contributed by atoms with Crippen molar-refractivity contribution in [3.8, 4) is 0 Å². The summed E-state index contributed by atoms with van der Waals surface area (Å²) in [5, 5.41) is 13.3. The van der Waals surface area contributed by atoms with Crippen molar-refractivity contribution in [1.29, 1.82) is 0 Å². The van der Waals surface area contributed by atoms with E-state index in [2.05, 4.69) is 96.4 Å². The molecular formula is C34H45N7. The second-order valence-corrected chi connectivity index (χ2v) is 11.0. The Labute approximate surface area is 245 Å². The molecule has 2 aromatic heterocycles. The molecule has 0 amide bonds. The maximum absolute atomic E-state index is 4.58. The van der Waals surface area contributed by atoms with Crippen LogP contribution in [0.4, 0.5) is 0 Å². The van der Waals surface area contributed by atoms with E-state index in [1.165, 1.54) is 34.7 Å². The van der Waals surface area contributed by atoms with E-state index < -0.39 is 0 Å². The van der Waals surface area contributed by atoms with Crippen LogP contribution in [-0.2, 0) is 26.2 Å². The molecule has 1 aliphatic heterocycles. The predicted octanol–water partition coefficient (Wildman–Crippen LogP) is 4.20. The van der Waals surface area contributed by atoms with Crippen LogP contribution in [0.5, 0.6) is 0 Å². The third-order valence-electron chi connectivity index (χ3n) is 7.62. The minimum atomic E-state index is 0.782. The first-order valence-electron chi connectivity index (χ1n) is 15.2. The molecule has 1 saturated heterocycles. The number of nitrogens with zero attached hydrogens (tertiary/aromatic N) is 4. The zero-order chi connectivity index (χ0) is 28.0. The fourth-order valence-electron chi connectivity index (χ4n) is 5.49. The van der Waals surface area contributed by atoms with E-state index in [4.69, 9.17) is 0 Å². The van der Waals surface area contributed by atoms with Crippen molar-refractivity contribution in [2.45, 2.75) is 39.0 Å². The maximum Gasteiger partial charge on any atom is 0.0544 e. The van der Waals surface area contributed by atoms with Gasteiger partial charge >= 0.3 is 0 Å². The second kappa shape index (κ2) is 16.3. The fourth-order valence-corrected chi connectivity index (χ4v) is 5.49. The Bertz CT molecular complexity index is 1240. The average molecular weight is 552 g/mol. The molecule has 3 N–H and O–H groups in total. The third kappa shape index (κ3) is 9.99. The number of rotatable bonds is 8. The van der Waals surface area contributed by atoms with Gasteiger partial charge in [-0.1, -0.05) is 36.4 Å². The predicted molar refractivity (Wildman–Crippen MR) is 168 cm³/mol. The van der Waals surface area contributed by atoms with E-state index in [9.17, 15) is 0 Å². The highest BCUT2D eigenvalue weighted by Crippen LogP contribution is 2.21. The van der Waals surface area contributed by atoms with Crippen molar-refractivity contribution in [2.75, 3.05) is 52.4 Å². The van der Waals surface area contributed by atoms with Gasteiger partial charge in [-0.3, -0.25) is 19.8 Å². The monoisotopic (exact) mass is 551 g/mol. The lowest BCUT2D eigenvalue weighted by atomic mass is 10.0. The lowest BCUT2D eigenvalue weighted by Crippen LogP contribution is -2.36. The summed E-state index contributed by atoms with van der Waals surface area (Å²) in [5.74, 6) is 0. The Morgan fingerprint density at radius 2 is 1.22 bits per heavy atom. The zero-order valence-electron chi connectivity index (χ0n) is 24.3. The first kappa shape index (κ1) is 29.3. The molecule has 7 heteroatoms. The van der Waals surface area contributed by atoms with Crippen LogP contribution in [0, 0.1) is 0 Å². The van der Waals surface area contributed by atoms with Crippen LogP contribution >= 0.6 is 0 Å². The van der Waals surface area contributed by atoms with Gasteiger partial charge in [-0.05, 0) is 97.3 Å². The number of hydrogen-bond donors (Lipinski definition) is 3. The van der Waals surface area contributed by atoms with Crippen LogP contribution in [0.15, 0.2) is 85.2 Å². The van der Waals surface area contributed by atoms with E-state index in [0.29, 0.717) is 0 Å². The lowest BCUT2D eigenvalue weighted by Gasteiger charge is -2.24. The number of hydrogen-bond acceptors (Lipinski definition) is 7. The van der Waals surface area contributed by atoms with Gasteiger partial charge < -0.3 is 16.0 Å². The molecule has 7 nitrogen and oxygen atoms in total. The van der Waals surface area contributed by atoms with Crippen LogP contribution in [0.25, 0.3) is 10.8 Å². The molecule has 0 atom stereocenters. The van der Waals surface area contributed by atoms with Crippen molar-refractivity contribution < 1.29 is 0 Å². The molecule has 5 rings (SSSR count). The van der Waals surface area contributed by atoms with E-state index in [-0.39, 0.29) is 0 Å². The van der Waals surface area contributed by atoms with Gasteiger partial charge in [0.05, 0.1) is 11.4 Å². The Kier molecular flexibility index (Phi) is 11.6. The van der Waals surface area contributed by atoms with Gasteiger partial charge in [0, 0.05) is 64.8 Å². The average Bonchev–Trinajstić information content (AvgIpc) is 3.00. The molecule has 0 radical (unpaired) electrons. The van der Waals surface area contributed by atoms with Gasteiger partial charge in [-0.2, -0.15) is 0 Å². The molecule has 0 bridgehead atoms. The van der Waals surface area contributed by atoms with Crippen LogP contribution < -0.4 is 16.0 Å². The summed E-state index contributed by atoms with van der Waals surface area (Å²) in [5.41, 5.74) is 4.84. The molecule has 0 aliphatic carbocycles. The number of fused-ring (bicyclic) bond motifs is 1. The van der Waals surface area contributed by atoms with Crippen LogP contribution in [0.2, 0.25) is 0 Å². The normalized spacial score (nSPS) is 16.5. The summed E-state index contributed by atoms with van der Waals surface area (Å²) >= 11 is 0. The molecule has 4 aromatic rings. The third-order valence-corrected chi connectivity index (χ3v) is 7.62. The number of benzene rings is 2. The van der Waals surface area contributed by atoms with Crippen LogP contribution in [0.1, 0.15) is 35.4 Å². The largest absolute Gasteiger partial charge is 0.315 e. The molecule has 0 unspecified atom stereocenters. The van der Waals surface area contributed by atoms with Crippen LogP contribution in [-0.4, -0.2) is 72.1 Å². The molecule has 0 spiro atoms. The Morgan fingerprint density at radius 3 is 1.90 bits per heavy atom. The molecule has 216 valence electrons. The van der Waals surface area contributed by atoms with Gasteiger partial charge in [0.25, 0.3) is 0 Å². The molecular weight excluding hydrogens is 506 g/mol. The highest BCUT2D eigenvalue weighted by molar-refractivity contribution is 5.83. The standard InChI is InChI=1S/C34H45N7/c1-3-16-38-33(7-1)27-41(28-34-8-2-4-17-39-34)26-30-10-12-31-11-9-29(23-32(31)24-30)25-40-21-6-15-36-19-18-35-13-5-14-37-20-22-40/h1-4,7-12,16-17,23-24,35-37H,5-6,13-15,18-22,25-28H2. The number of aromatic nitrogens is 2. The Hall–Kier alpha value is -3.20. The van der Waals surface area contributed by atoms with Crippen molar-refractivity contribution in [2.24, 2.45) is 0 Å². The summed E-state index contributed by atoms with van der Waals surface area (Å²) < 4.78 is 0. The van der Waals surface area contributed by atoms with E-state index >= 15 is 0 Å². The van der Waals surface area contributed by atoms with E-state index in [0.717, 1.165) is 89.9 Å². The molecule has 41 heavy (non-hydrogen) atoms. The van der Waals surface area contributed by atoms with E-state index in [1.54, 1.807) is 0 Å². The molecule has 1 aliphatic rings. The first-order valence-corrected chi connectivity index (χ1v) is 15.2. The van der Waals surface area contributed by atoms with E-state index in [1.807, 2.05) is 24.5 Å². The van der Waals surface area contributed by atoms with Crippen molar-refractivity contribution in [3.05, 3.63) is 108 Å². The fraction of sp³-hybridized carbons (Fsp3) is 0.412. The Morgan fingerprint density at radius 1 is 0.585 bits per heavy atom. The SMILES string of the molecule is c1ccc(CN(Cc2ccc3ccc(CN4CCCNCCNCCCNCC4)cc3c2)Cc2ccccn2)nc1. The van der Waals surface area contributed by atoms with Crippen molar-refractivity contribution >= 4 is 10.8 Å². The number of pyridine rings is 2. The quantitative estimate of drug-likeness (QED) is 0.303.